The third-order valence-electron chi connectivity index (χ3n) is 1.70. The van der Waals surface area contributed by atoms with E-state index in [4.69, 9.17) is 5.73 Å². The van der Waals surface area contributed by atoms with Crippen molar-refractivity contribution in [3.05, 3.63) is 39.9 Å². The highest BCUT2D eigenvalue weighted by molar-refractivity contribution is 9.10. The molecule has 0 aliphatic carbocycles. The second-order valence-corrected chi connectivity index (χ2v) is 4.18. The van der Waals surface area contributed by atoms with E-state index in [-0.39, 0.29) is 5.78 Å². The molecule has 0 atom stereocenters. The summed E-state index contributed by atoms with van der Waals surface area (Å²) in [6, 6.07) is 5.18. The molecular weight excluding hydrogens is 242 g/mol. The lowest BCUT2D eigenvalue weighted by Gasteiger charge is -2.00. The van der Waals surface area contributed by atoms with Crippen LogP contribution in [0.25, 0.3) is 0 Å². The van der Waals surface area contributed by atoms with Crippen molar-refractivity contribution in [3.63, 3.8) is 0 Å². The van der Waals surface area contributed by atoms with Gasteiger partial charge in [-0.25, -0.2) is 0 Å². The number of hydrogen-bond donors (Lipinski definition) is 1. The fourth-order valence-corrected chi connectivity index (χ4v) is 1.40. The molecule has 0 saturated carbocycles. The first-order chi connectivity index (χ1) is 6.50. The van der Waals surface area contributed by atoms with Crippen LogP contribution in [0, 0.1) is 0 Å². The summed E-state index contributed by atoms with van der Waals surface area (Å²) in [6.45, 7) is 3.79. The van der Waals surface area contributed by atoms with E-state index in [1.54, 1.807) is 24.3 Å². The zero-order chi connectivity index (χ0) is 10.7. The minimum absolute atomic E-state index is 0.00528. The van der Waals surface area contributed by atoms with Crippen LogP contribution in [-0.4, -0.2) is 5.78 Å². The Morgan fingerprint density at radius 2 is 2.07 bits per heavy atom. The summed E-state index contributed by atoms with van der Waals surface area (Å²) < 4.78 is 0.755. The van der Waals surface area contributed by atoms with Gasteiger partial charge < -0.3 is 5.73 Å². The Bertz CT molecular complexity index is 392. The number of anilines is 1. The Kier molecular flexibility index (Phi) is 3.47. The monoisotopic (exact) mass is 253 g/mol. The third-order valence-corrected chi connectivity index (χ3v) is 2.39. The lowest BCUT2D eigenvalue weighted by atomic mass is 10.1. The van der Waals surface area contributed by atoms with Gasteiger partial charge in [0.1, 0.15) is 0 Å². The molecule has 0 aliphatic heterocycles. The first-order valence-corrected chi connectivity index (χ1v) is 5.04. The average Bonchev–Trinajstić information content (AvgIpc) is 2.08. The van der Waals surface area contributed by atoms with Crippen LogP contribution in [0.5, 0.6) is 0 Å². The van der Waals surface area contributed by atoms with Gasteiger partial charge >= 0.3 is 0 Å². The first kappa shape index (κ1) is 11.0. The quantitative estimate of drug-likeness (QED) is 0.500. The second kappa shape index (κ2) is 4.42. The lowest BCUT2D eigenvalue weighted by molar-refractivity contribution is 0.104. The number of ketones is 1. The van der Waals surface area contributed by atoms with E-state index in [1.165, 1.54) is 0 Å². The maximum Gasteiger partial charge on any atom is 0.185 e. The summed E-state index contributed by atoms with van der Waals surface area (Å²) in [6.07, 6.45) is 1.61. The van der Waals surface area contributed by atoms with Gasteiger partial charge in [-0.15, -0.1) is 0 Å². The van der Waals surface area contributed by atoms with E-state index in [2.05, 4.69) is 15.9 Å². The summed E-state index contributed by atoms with van der Waals surface area (Å²) in [5.41, 5.74) is 7.89. The van der Waals surface area contributed by atoms with E-state index >= 15 is 0 Å². The van der Waals surface area contributed by atoms with Crippen molar-refractivity contribution in [1.29, 1.82) is 0 Å². The van der Waals surface area contributed by atoms with E-state index in [1.807, 2.05) is 13.8 Å². The minimum atomic E-state index is 0.00528. The van der Waals surface area contributed by atoms with Gasteiger partial charge in [0.25, 0.3) is 0 Å². The molecule has 14 heavy (non-hydrogen) atoms. The molecule has 3 heteroatoms. The number of rotatable bonds is 2. The van der Waals surface area contributed by atoms with E-state index in [9.17, 15) is 4.79 Å². The summed E-state index contributed by atoms with van der Waals surface area (Å²) >= 11 is 3.28. The molecule has 1 aromatic carbocycles. The van der Waals surface area contributed by atoms with Gasteiger partial charge in [0.15, 0.2) is 5.78 Å². The SMILES string of the molecule is CC(C)=CC(=O)c1ccc(N)c(Br)c1. The van der Waals surface area contributed by atoms with Gasteiger partial charge in [0.2, 0.25) is 0 Å². The normalized spacial score (nSPS) is 9.64. The highest BCUT2D eigenvalue weighted by Gasteiger charge is 2.04. The Balaban J connectivity index is 3.03. The lowest BCUT2D eigenvalue weighted by Crippen LogP contribution is -1.96. The van der Waals surface area contributed by atoms with E-state index in [0.29, 0.717) is 11.3 Å². The predicted octanol–water partition coefficient (Wildman–Crippen LogP) is 3.18. The predicted molar refractivity (Wildman–Crippen MR) is 62.3 cm³/mol. The highest BCUT2D eigenvalue weighted by atomic mass is 79.9. The maximum atomic E-state index is 11.6. The zero-order valence-corrected chi connectivity index (χ0v) is 9.76. The number of benzene rings is 1. The highest BCUT2D eigenvalue weighted by Crippen LogP contribution is 2.20. The van der Waals surface area contributed by atoms with Crippen LogP contribution in [-0.2, 0) is 0 Å². The molecule has 0 amide bonds. The van der Waals surface area contributed by atoms with Crippen molar-refractivity contribution in [1.82, 2.24) is 0 Å². The molecule has 0 saturated heterocycles. The summed E-state index contributed by atoms with van der Waals surface area (Å²) in [7, 11) is 0. The van der Waals surface area contributed by atoms with Crippen molar-refractivity contribution < 1.29 is 4.79 Å². The van der Waals surface area contributed by atoms with Crippen LogP contribution in [0.2, 0.25) is 0 Å². The molecule has 0 heterocycles. The number of allylic oxidation sites excluding steroid dienone is 2. The van der Waals surface area contributed by atoms with Crippen LogP contribution >= 0.6 is 15.9 Å². The molecule has 74 valence electrons. The molecule has 0 radical (unpaired) electrons. The second-order valence-electron chi connectivity index (χ2n) is 3.32. The third kappa shape index (κ3) is 2.70. The zero-order valence-electron chi connectivity index (χ0n) is 8.17. The van der Waals surface area contributed by atoms with Gasteiger partial charge in [0.05, 0.1) is 0 Å². The Morgan fingerprint density at radius 1 is 1.43 bits per heavy atom. The van der Waals surface area contributed by atoms with Crippen molar-refractivity contribution >= 4 is 27.4 Å². The van der Waals surface area contributed by atoms with Crippen LogP contribution in [0.1, 0.15) is 24.2 Å². The number of nitrogens with two attached hydrogens (primary N) is 1. The van der Waals surface area contributed by atoms with Gasteiger partial charge in [-0.1, -0.05) is 5.57 Å². The molecule has 1 aromatic rings. The van der Waals surface area contributed by atoms with Gasteiger partial charge in [0, 0.05) is 15.7 Å². The number of nitrogen functional groups attached to an aromatic ring is 1. The molecule has 2 nitrogen and oxygen atoms in total. The van der Waals surface area contributed by atoms with Gasteiger partial charge in [-0.2, -0.15) is 0 Å². The van der Waals surface area contributed by atoms with Crippen LogP contribution in [0.15, 0.2) is 34.3 Å². The summed E-state index contributed by atoms with van der Waals surface area (Å²) in [5.74, 6) is 0.00528. The van der Waals surface area contributed by atoms with Gasteiger partial charge in [-0.05, 0) is 54.1 Å². The maximum absolute atomic E-state index is 11.6. The molecule has 2 N–H and O–H groups in total. The van der Waals surface area contributed by atoms with Crippen LogP contribution in [0.3, 0.4) is 0 Å². The molecular formula is C11H12BrNO. The largest absolute Gasteiger partial charge is 0.398 e. The Labute approximate surface area is 91.9 Å². The number of carbonyl (C=O) groups is 1. The van der Waals surface area contributed by atoms with Crippen LogP contribution < -0.4 is 5.73 Å². The average molecular weight is 254 g/mol. The molecule has 0 unspecified atom stereocenters. The summed E-state index contributed by atoms with van der Waals surface area (Å²) in [4.78, 5) is 11.6. The number of carbonyl (C=O) groups excluding carboxylic acids is 1. The molecule has 0 fully saturated rings. The topological polar surface area (TPSA) is 43.1 Å². The molecule has 0 bridgehead atoms. The van der Waals surface area contributed by atoms with Crippen molar-refractivity contribution in [2.75, 3.05) is 5.73 Å². The standard InChI is InChI=1S/C11H12BrNO/c1-7(2)5-11(14)8-3-4-10(13)9(12)6-8/h3-6H,13H2,1-2H3. The molecule has 0 aromatic heterocycles. The number of halogens is 1. The smallest absolute Gasteiger partial charge is 0.185 e. The van der Waals surface area contributed by atoms with Crippen LogP contribution in [0.4, 0.5) is 5.69 Å². The molecule has 0 spiro atoms. The molecule has 1 rings (SSSR count). The Hall–Kier alpha value is -1.09. The van der Waals surface area contributed by atoms with E-state index < -0.39 is 0 Å². The molecule has 0 aliphatic rings. The fourth-order valence-electron chi connectivity index (χ4n) is 1.03. The van der Waals surface area contributed by atoms with Gasteiger partial charge in [-0.3, -0.25) is 4.79 Å². The first-order valence-electron chi connectivity index (χ1n) is 4.25. The van der Waals surface area contributed by atoms with Crippen molar-refractivity contribution in [3.8, 4) is 0 Å². The summed E-state index contributed by atoms with van der Waals surface area (Å²) in [5, 5.41) is 0. The number of hydrogen-bond acceptors (Lipinski definition) is 2. The Morgan fingerprint density at radius 3 is 2.57 bits per heavy atom. The minimum Gasteiger partial charge on any atom is -0.398 e. The van der Waals surface area contributed by atoms with E-state index in [0.717, 1.165) is 10.0 Å². The fraction of sp³-hybridized carbons (Fsp3) is 0.182. The van der Waals surface area contributed by atoms with Crippen molar-refractivity contribution in [2.24, 2.45) is 0 Å². The van der Waals surface area contributed by atoms with Crippen molar-refractivity contribution in [2.45, 2.75) is 13.8 Å².